The first kappa shape index (κ1) is 24.4. The lowest BCUT2D eigenvalue weighted by Crippen LogP contribution is -2.49. The number of ether oxygens (including phenoxy) is 3. The molecule has 0 N–H and O–H groups in total. The molecule has 0 radical (unpaired) electrons. The Kier molecular flexibility index (Phi) is 7.09. The van der Waals surface area contributed by atoms with Crippen molar-refractivity contribution in [2.75, 3.05) is 40.4 Å². The summed E-state index contributed by atoms with van der Waals surface area (Å²) in [4.78, 5) is 29.8. The summed E-state index contributed by atoms with van der Waals surface area (Å²) < 4.78 is 22.0. The zero-order valence-electron chi connectivity index (χ0n) is 20.8. The van der Waals surface area contributed by atoms with Gasteiger partial charge in [-0.2, -0.15) is 0 Å². The van der Waals surface area contributed by atoms with Crippen LogP contribution >= 0.6 is 0 Å². The highest BCUT2D eigenvalue weighted by atomic mass is 16.6. The smallest absolute Gasteiger partial charge is 0.415 e. The predicted molar refractivity (Wildman–Crippen MR) is 140 cm³/mol. The second kappa shape index (κ2) is 10.8. The van der Waals surface area contributed by atoms with Crippen LogP contribution in [0.25, 0.3) is 22.1 Å². The molecule has 8 nitrogen and oxygen atoms in total. The minimum absolute atomic E-state index is 0.157. The molecule has 0 aliphatic carbocycles. The van der Waals surface area contributed by atoms with E-state index in [1.54, 1.807) is 49.5 Å². The Morgan fingerprint density at radius 1 is 0.892 bits per heavy atom. The average molecular weight is 501 g/mol. The number of para-hydroxylation sites is 1. The van der Waals surface area contributed by atoms with Gasteiger partial charge in [-0.25, -0.2) is 4.79 Å². The quantitative estimate of drug-likeness (QED) is 0.376. The van der Waals surface area contributed by atoms with E-state index in [2.05, 4.69) is 11.0 Å². The summed E-state index contributed by atoms with van der Waals surface area (Å²) in [7, 11) is 3.26. The van der Waals surface area contributed by atoms with Crippen molar-refractivity contribution in [3.8, 4) is 28.4 Å². The molecule has 5 rings (SSSR count). The summed E-state index contributed by atoms with van der Waals surface area (Å²) in [6, 6.07) is 20.0. The molecule has 2 heterocycles. The molecule has 1 fully saturated rings. The largest absolute Gasteiger partial charge is 0.497 e. The molecule has 1 aliphatic heterocycles. The van der Waals surface area contributed by atoms with Crippen molar-refractivity contribution in [3.05, 3.63) is 88.8 Å². The SMILES string of the molecule is COc1ccc(-c2coc3cc(OC(=O)N4CCN(Cc5ccccc5OC)CC4)ccc3c2=O)cc1. The van der Waals surface area contributed by atoms with Crippen LogP contribution in [0.3, 0.4) is 0 Å². The summed E-state index contributed by atoms with van der Waals surface area (Å²) in [5.41, 5.74) is 2.50. The molecular weight excluding hydrogens is 472 g/mol. The zero-order chi connectivity index (χ0) is 25.8. The average Bonchev–Trinajstić information content (AvgIpc) is 2.94. The van der Waals surface area contributed by atoms with Crippen molar-refractivity contribution >= 4 is 17.1 Å². The highest BCUT2D eigenvalue weighted by molar-refractivity contribution is 5.83. The summed E-state index contributed by atoms with van der Waals surface area (Å²) in [6.45, 7) is 3.33. The maximum Gasteiger partial charge on any atom is 0.415 e. The van der Waals surface area contributed by atoms with Crippen LogP contribution in [-0.2, 0) is 6.54 Å². The number of hydrogen-bond donors (Lipinski definition) is 0. The van der Waals surface area contributed by atoms with Crippen molar-refractivity contribution in [2.45, 2.75) is 6.54 Å². The van der Waals surface area contributed by atoms with Crippen LogP contribution in [0.2, 0.25) is 0 Å². The molecule has 1 aliphatic rings. The van der Waals surface area contributed by atoms with Crippen molar-refractivity contribution in [1.29, 1.82) is 0 Å². The number of methoxy groups -OCH3 is 2. The van der Waals surface area contributed by atoms with Gasteiger partial charge in [0.2, 0.25) is 0 Å². The molecule has 1 aromatic heterocycles. The van der Waals surface area contributed by atoms with Gasteiger partial charge in [-0.1, -0.05) is 30.3 Å². The zero-order valence-corrected chi connectivity index (χ0v) is 20.8. The first-order valence-corrected chi connectivity index (χ1v) is 12.1. The monoisotopic (exact) mass is 500 g/mol. The molecule has 8 heteroatoms. The fourth-order valence-corrected chi connectivity index (χ4v) is 4.47. The van der Waals surface area contributed by atoms with Crippen LogP contribution in [0, 0.1) is 0 Å². The topological polar surface area (TPSA) is 81.5 Å². The van der Waals surface area contributed by atoms with Gasteiger partial charge < -0.3 is 23.5 Å². The predicted octanol–water partition coefficient (Wildman–Crippen LogP) is 4.79. The summed E-state index contributed by atoms with van der Waals surface area (Å²) in [5, 5.41) is 0.415. The lowest BCUT2D eigenvalue weighted by molar-refractivity contribution is 0.107. The van der Waals surface area contributed by atoms with E-state index < -0.39 is 6.09 Å². The van der Waals surface area contributed by atoms with Crippen LogP contribution in [-0.4, -0.2) is 56.3 Å². The fraction of sp³-hybridized carbons (Fsp3) is 0.241. The molecule has 0 atom stereocenters. The number of amides is 1. The normalized spacial score (nSPS) is 13.9. The number of hydrogen-bond acceptors (Lipinski definition) is 7. The van der Waals surface area contributed by atoms with Crippen LogP contribution < -0.4 is 19.6 Å². The number of benzene rings is 3. The van der Waals surface area contributed by atoms with Crippen molar-refractivity contribution in [3.63, 3.8) is 0 Å². The lowest BCUT2D eigenvalue weighted by Gasteiger charge is -2.34. The fourth-order valence-electron chi connectivity index (χ4n) is 4.47. The van der Waals surface area contributed by atoms with Gasteiger partial charge in [0.25, 0.3) is 0 Å². The minimum Gasteiger partial charge on any atom is -0.497 e. The van der Waals surface area contributed by atoms with Crippen LogP contribution in [0.1, 0.15) is 5.56 Å². The van der Waals surface area contributed by atoms with Crippen LogP contribution in [0.4, 0.5) is 4.79 Å². The number of carbonyl (C=O) groups is 1. The highest BCUT2D eigenvalue weighted by Crippen LogP contribution is 2.25. The first-order chi connectivity index (χ1) is 18.1. The van der Waals surface area contributed by atoms with Crippen LogP contribution in [0.5, 0.6) is 17.2 Å². The molecule has 37 heavy (non-hydrogen) atoms. The molecule has 0 spiro atoms. The van der Waals surface area contributed by atoms with Gasteiger partial charge in [0, 0.05) is 44.4 Å². The summed E-state index contributed by atoms with van der Waals surface area (Å²) in [5.74, 6) is 1.90. The molecule has 4 aromatic rings. The number of carbonyl (C=O) groups excluding carboxylic acids is 1. The molecule has 3 aromatic carbocycles. The number of rotatable bonds is 6. The Balaban J connectivity index is 1.23. The summed E-state index contributed by atoms with van der Waals surface area (Å²) >= 11 is 0. The van der Waals surface area contributed by atoms with Gasteiger partial charge in [-0.05, 0) is 35.9 Å². The van der Waals surface area contributed by atoms with E-state index in [0.29, 0.717) is 41.1 Å². The van der Waals surface area contributed by atoms with Gasteiger partial charge in [0.1, 0.15) is 29.1 Å². The van der Waals surface area contributed by atoms with E-state index in [0.717, 1.165) is 36.5 Å². The van der Waals surface area contributed by atoms with Crippen LogP contribution in [0.15, 0.2) is 82.2 Å². The van der Waals surface area contributed by atoms with Gasteiger partial charge in [0.15, 0.2) is 5.43 Å². The van der Waals surface area contributed by atoms with Gasteiger partial charge in [0.05, 0.1) is 25.2 Å². The number of piperazine rings is 1. The van der Waals surface area contributed by atoms with E-state index >= 15 is 0 Å². The third kappa shape index (κ3) is 5.29. The maximum absolute atomic E-state index is 13.0. The molecular formula is C29H28N2O6. The molecule has 1 saturated heterocycles. The third-order valence-corrected chi connectivity index (χ3v) is 6.57. The van der Waals surface area contributed by atoms with Gasteiger partial charge in [-0.15, -0.1) is 0 Å². The van der Waals surface area contributed by atoms with Crippen molar-refractivity contribution in [1.82, 2.24) is 9.80 Å². The molecule has 0 bridgehead atoms. The van der Waals surface area contributed by atoms with Crippen molar-refractivity contribution in [2.24, 2.45) is 0 Å². The Bertz CT molecular complexity index is 1460. The van der Waals surface area contributed by atoms with E-state index in [1.165, 1.54) is 6.26 Å². The molecule has 1 amide bonds. The molecule has 190 valence electrons. The lowest BCUT2D eigenvalue weighted by atomic mass is 10.1. The number of fused-ring (bicyclic) bond motifs is 1. The van der Waals surface area contributed by atoms with E-state index in [-0.39, 0.29) is 5.43 Å². The Morgan fingerprint density at radius 3 is 2.35 bits per heavy atom. The maximum atomic E-state index is 13.0. The molecule has 0 unspecified atom stereocenters. The second-order valence-corrected chi connectivity index (χ2v) is 8.81. The minimum atomic E-state index is -0.423. The Hall–Kier alpha value is -4.30. The van der Waals surface area contributed by atoms with E-state index in [1.807, 2.05) is 30.3 Å². The second-order valence-electron chi connectivity index (χ2n) is 8.81. The van der Waals surface area contributed by atoms with E-state index in [9.17, 15) is 9.59 Å². The van der Waals surface area contributed by atoms with Gasteiger partial charge >= 0.3 is 6.09 Å². The van der Waals surface area contributed by atoms with Crippen molar-refractivity contribution < 1.29 is 23.4 Å². The Labute approximate surface area is 214 Å². The molecule has 0 saturated carbocycles. The third-order valence-electron chi connectivity index (χ3n) is 6.57. The highest BCUT2D eigenvalue weighted by Gasteiger charge is 2.23. The Morgan fingerprint density at radius 2 is 1.62 bits per heavy atom. The van der Waals surface area contributed by atoms with Gasteiger partial charge in [-0.3, -0.25) is 9.69 Å². The summed E-state index contributed by atoms with van der Waals surface area (Å²) in [6.07, 6.45) is 1.01. The standard InChI is InChI=1S/C29H28N2O6/c1-34-22-9-7-20(8-10-22)25-19-36-27-17-23(11-12-24(27)28(25)32)37-29(33)31-15-13-30(14-16-31)18-21-5-3-4-6-26(21)35-2/h3-12,17,19H,13-16,18H2,1-2H3. The first-order valence-electron chi connectivity index (χ1n) is 12.1. The number of nitrogens with zero attached hydrogens (tertiary/aromatic N) is 2. The van der Waals surface area contributed by atoms with E-state index in [4.69, 9.17) is 18.6 Å².